The molecule has 3 nitrogen and oxygen atoms in total. The van der Waals surface area contributed by atoms with Gasteiger partial charge in [0.15, 0.2) is 0 Å². The van der Waals surface area contributed by atoms with Gasteiger partial charge < -0.3 is 9.84 Å². The molecule has 21 heavy (non-hydrogen) atoms. The fraction of sp³-hybridized carbons (Fsp3) is 0.267. The van der Waals surface area contributed by atoms with Crippen molar-refractivity contribution in [2.45, 2.75) is 18.5 Å². The van der Waals surface area contributed by atoms with Crippen molar-refractivity contribution in [2.24, 2.45) is 0 Å². The van der Waals surface area contributed by atoms with Gasteiger partial charge in [0.2, 0.25) is 0 Å². The van der Waals surface area contributed by atoms with Crippen molar-refractivity contribution < 1.29 is 27.8 Å². The second-order valence-corrected chi connectivity index (χ2v) is 4.59. The topological polar surface area (TPSA) is 46.5 Å². The van der Waals surface area contributed by atoms with E-state index < -0.39 is 24.5 Å². The van der Waals surface area contributed by atoms with Crippen LogP contribution in [0.15, 0.2) is 36.4 Å². The third kappa shape index (κ3) is 3.09. The minimum absolute atomic E-state index is 0.0391. The molecule has 0 aromatic heterocycles. The molecule has 112 valence electrons. The van der Waals surface area contributed by atoms with E-state index in [0.717, 1.165) is 0 Å². The van der Waals surface area contributed by atoms with Gasteiger partial charge in [0.05, 0.1) is 19.4 Å². The second kappa shape index (κ2) is 5.63. The molecule has 1 N–H and O–H groups in total. The zero-order chi connectivity index (χ0) is 15.6. The van der Waals surface area contributed by atoms with Crippen LogP contribution in [0.25, 0.3) is 10.8 Å². The van der Waals surface area contributed by atoms with Gasteiger partial charge in [-0.05, 0) is 16.8 Å². The molecule has 2 aromatic carbocycles. The van der Waals surface area contributed by atoms with Crippen LogP contribution in [0.3, 0.4) is 0 Å². The molecule has 0 fully saturated rings. The summed E-state index contributed by atoms with van der Waals surface area (Å²) in [7, 11) is 1.27. The lowest BCUT2D eigenvalue weighted by molar-refractivity contribution is -0.163. The average molecular weight is 298 g/mol. The Labute approximate surface area is 119 Å². The highest BCUT2D eigenvalue weighted by atomic mass is 19.4. The third-order valence-electron chi connectivity index (χ3n) is 3.27. The van der Waals surface area contributed by atoms with E-state index in [-0.39, 0.29) is 11.3 Å². The van der Waals surface area contributed by atoms with E-state index >= 15 is 0 Å². The number of fused-ring (bicyclic) bond motifs is 1. The van der Waals surface area contributed by atoms with Crippen LogP contribution in [0, 0.1) is 0 Å². The highest BCUT2D eigenvalue weighted by Crippen LogP contribution is 2.44. The SMILES string of the molecule is COc1ccc2ccccc2c1C(CC(=O)O)C(F)(F)F. The van der Waals surface area contributed by atoms with Crippen LogP contribution in [-0.2, 0) is 4.79 Å². The van der Waals surface area contributed by atoms with Crippen molar-refractivity contribution in [1.29, 1.82) is 0 Å². The van der Waals surface area contributed by atoms with Gasteiger partial charge in [-0.1, -0.05) is 30.3 Å². The van der Waals surface area contributed by atoms with Gasteiger partial charge in [-0.25, -0.2) is 0 Å². The number of hydrogen-bond acceptors (Lipinski definition) is 2. The molecule has 0 amide bonds. The summed E-state index contributed by atoms with van der Waals surface area (Å²) >= 11 is 0. The van der Waals surface area contributed by atoms with E-state index in [1.165, 1.54) is 19.2 Å². The minimum atomic E-state index is -4.67. The Balaban J connectivity index is 2.73. The predicted molar refractivity (Wildman–Crippen MR) is 71.5 cm³/mol. The summed E-state index contributed by atoms with van der Waals surface area (Å²) < 4.78 is 44.9. The molecule has 2 aromatic rings. The number of carbonyl (C=O) groups is 1. The number of ether oxygens (including phenoxy) is 1. The number of halogens is 3. The van der Waals surface area contributed by atoms with E-state index in [1.54, 1.807) is 24.3 Å². The molecule has 1 unspecified atom stereocenters. The van der Waals surface area contributed by atoms with Crippen molar-refractivity contribution in [2.75, 3.05) is 7.11 Å². The molecule has 0 saturated heterocycles. The second-order valence-electron chi connectivity index (χ2n) is 4.59. The maximum absolute atomic E-state index is 13.3. The van der Waals surface area contributed by atoms with Crippen molar-refractivity contribution in [1.82, 2.24) is 0 Å². The summed E-state index contributed by atoms with van der Waals surface area (Å²) in [4.78, 5) is 10.8. The maximum atomic E-state index is 13.3. The number of carboxylic acids is 1. The van der Waals surface area contributed by atoms with Crippen LogP contribution >= 0.6 is 0 Å². The van der Waals surface area contributed by atoms with Crippen LogP contribution in [0.1, 0.15) is 17.9 Å². The fourth-order valence-electron chi connectivity index (χ4n) is 2.37. The van der Waals surface area contributed by atoms with Crippen LogP contribution < -0.4 is 4.74 Å². The molecule has 0 spiro atoms. The summed E-state index contributed by atoms with van der Waals surface area (Å²) in [5, 5.41) is 9.76. The molecule has 0 bridgehead atoms. The predicted octanol–water partition coefficient (Wildman–Crippen LogP) is 3.97. The normalized spacial score (nSPS) is 13.1. The van der Waals surface area contributed by atoms with Gasteiger partial charge in [0, 0.05) is 5.56 Å². The lowest BCUT2D eigenvalue weighted by Crippen LogP contribution is -2.24. The standard InChI is InChI=1S/C15H13F3O3/c1-21-12-7-6-9-4-2-3-5-10(9)14(12)11(8-13(19)20)15(16,17)18/h2-7,11H,8H2,1H3,(H,19,20). The summed E-state index contributed by atoms with van der Waals surface area (Å²) in [6.45, 7) is 0. The molecule has 0 aliphatic rings. The molecule has 2 rings (SSSR count). The molecule has 6 heteroatoms. The Bertz CT molecular complexity index is 665. The number of benzene rings is 2. The lowest BCUT2D eigenvalue weighted by Gasteiger charge is -2.23. The smallest absolute Gasteiger partial charge is 0.396 e. The van der Waals surface area contributed by atoms with Crippen molar-refractivity contribution in [3.8, 4) is 5.75 Å². The van der Waals surface area contributed by atoms with Crippen LogP contribution in [0.4, 0.5) is 13.2 Å². The lowest BCUT2D eigenvalue weighted by atomic mass is 9.89. The summed E-state index contributed by atoms with van der Waals surface area (Å²) in [6.07, 6.45) is -5.70. The number of aliphatic carboxylic acids is 1. The Morgan fingerprint density at radius 3 is 2.48 bits per heavy atom. The van der Waals surface area contributed by atoms with Crippen molar-refractivity contribution in [3.63, 3.8) is 0 Å². The third-order valence-corrected chi connectivity index (χ3v) is 3.27. The van der Waals surface area contributed by atoms with E-state index in [4.69, 9.17) is 9.84 Å². The first kappa shape index (κ1) is 15.2. The van der Waals surface area contributed by atoms with E-state index in [0.29, 0.717) is 10.8 Å². The Kier molecular flexibility index (Phi) is 4.06. The van der Waals surface area contributed by atoms with Crippen LogP contribution in [0.5, 0.6) is 5.75 Å². The fourth-order valence-corrected chi connectivity index (χ4v) is 2.37. The van der Waals surface area contributed by atoms with Gasteiger partial charge in [-0.15, -0.1) is 0 Å². The van der Waals surface area contributed by atoms with Gasteiger partial charge in [-0.2, -0.15) is 13.2 Å². The molecule has 0 aliphatic carbocycles. The maximum Gasteiger partial charge on any atom is 0.396 e. The Morgan fingerprint density at radius 2 is 1.90 bits per heavy atom. The van der Waals surface area contributed by atoms with E-state index in [2.05, 4.69) is 0 Å². The van der Waals surface area contributed by atoms with Gasteiger partial charge in [-0.3, -0.25) is 4.79 Å². The first-order valence-electron chi connectivity index (χ1n) is 6.18. The quantitative estimate of drug-likeness (QED) is 0.929. The van der Waals surface area contributed by atoms with Crippen molar-refractivity contribution in [3.05, 3.63) is 42.0 Å². The first-order valence-corrected chi connectivity index (χ1v) is 6.18. The zero-order valence-corrected chi connectivity index (χ0v) is 11.1. The molecular formula is C15H13F3O3. The van der Waals surface area contributed by atoms with E-state index in [1.807, 2.05) is 0 Å². The molecule has 0 saturated carbocycles. The van der Waals surface area contributed by atoms with Crippen LogP contribution in [0.2, 0.25) is 0 Å². The minimum Gasteiger partial charge on any atom is -0.496 e. The number of alkyl halides is 3. The molecule has 0 radical (unpaired) electrons. The van der Waals surface area contributed by atoms with Gasteiger partial charge in [0.1, 0.15) is 5.75 Å². The molecule has 1 atom stereocenters. The number of methoxy groups -OCH3 is 1. The Morgan fingerprint density at radius 1 is 1.24 bits per heavy atom. The molecule has 0 aliphatic heterocycles. The molecule has 0 heterocycles. The summed E-state index contributed by atoms with van der Waals surface area (Å²) in [5.74, 6) is -3.58. The van der Waals surface area contributed by atoms with Gasteiger partial charge >= 0.3 is 12.1 Å². The first-order chi connectivity index (χ1) is 9.84. The van der Waals surface area contributed by atoms with E-state index in [9.17, 15) is 18.0 Å². The number of hydrogen-bond donors (Lipinski definition) is 1. The van der Waals surface area contributed by atoms with Gasteiger partial charge in [0.25, 0.3) is 0 Å². The van der Waals surface area contributed by atoms with Crippen molar-refractivity contribution >= 4 is 16.7 Å². The highest BCUT2D eigenvalue weighted by Gasteiger charge is 2.44. The monoisotopic (exact) mass is 298 g/mol. The summed E-state index contributed by atoms with van der Waals surface area (Å²) in [6, 6.07) is 9.60. The summed E-state index contributed by atoms with van der Waals surface area (Å²) in [5.41, 5.74) is -0.134. The Hall–Kier alpha value is -2.24. The average Bonchev–Trinajstić information content (AvgIpc) is 2.42. The zero-order valence-electron chi connectivity index (χ0n) is 11.1. The number of carboxylic acid groups (broad SMARTS) is 1. The van der Waals surface area contributed by atoms with Crippen LogP contribution in [-0.4, -0.2) is 24.4 Å². The number of rotatable bonds is 4. The highest BCUT2D eigenvalue weighted by molar-refractivity contribution is 5.89. The molecular weight excluding hydrogens is 285 g/mol. The largest absolute Gasteiger partial charge is 0.496 e.